The lowest BCUT2D eigenvalue weighted by molar-refractivity contribution is -0.133. The molecule has 2 fully saturated rings. The van der Waals surface area contributed by atoms with Crippen LogP contribution < -0.4 is 20.5 Å². The molecule has 12 heteroatoms. The number of nitrogens with one attached hydrogen (secondary N) is 1. The standard InChI is InChI=1S/C26H28N8O4/c27-25(36)33-12-18-19(13-33)34(23(30-18)16-5-6-20-21(10-16)38-14-37-20)22-7-8-28-26(31-22)29-17-2-1-9-32(11-17)24(35)15-3-4-15/h5-8,10,15,17H,1-4,9,11-14H2,(H2,27,36)(H,28,29,31)/t17-/m0/s1. The van der Waals surface area contributed by atoms with Gasteiger partial charge in [0.1, 0.15) is 11.6 Å². The number of imidazole rings is 1. The van der Waals surface area contributed by atoms with Gasteiger partial charge < -0.3 is 30.3 Å². The molecule has 1 aliphatic carbocycles. The number of hydrogen-bond acceptors (Lipinski definition) is 8. The van der Waals surface area contributed by atoms with E-state index in [9.17, 15) is 9.59 Å². The van der Waals surface area contributed by atoms with E-state index in [4.69, 9.17) is 25.2 Å². The number of fused-ring (bicyclic) bond motifs is 2. The van der Waals surface area contributed by atoms with Crippen LogP contribution in [0, 0.1) is 5.92 Å². The zero-order valence-corrected chi connectivity index (χ0v) is 20.8. The van der Waals surface area contributed by atoms with Gasteiger partial charge in [0, 0.05) is 36.8 Å². The third-order valence-electron chi connectivity index (χ3n) is 7.54. The van der Waals surface area contributed by atoms with Crippen LogP contribution in [-0.2, 0) is 17.9 Å². The number of primary amides is 1. The van der Waals surface area contributed by atoms with Crippen molar-refractivity contribution in [2.75, 3.05) is 25.2 Å². The molecular weight excluding hydrogens is 488 g/mol. The van der Waals surface area contributed by atoms with Crippen LogP contribution in [0.1, 0.15) is 37.1 Å². The number of anilines is 1. The summed E-state index contributed by atoms with van der Waals surface area (Å²) in [6.07, 6.45) is 5.61. The van der Waals surface area contributed by atoms with Gasteiger partial charge in [-0.3, -0.25) is 9.36 Å². The summed E-state index contributed by atoms with van der Waals surface area (Å²) >= 11 is 0. The zero-order valence-electron chi connectivity index (χ0n) is 20.8. The van der Waals surface area contributed by atoms with Crippen LogP contribution in [0.15, 0.2) is 30.5 Å². The summed E-state index contributed by atoms with van der Waals surface area (Å²) in [6, 6.07) is 7.10. The predicted molar refractivity (Wildman–Crippen MR) is 135 cm³/mol. The molecule has 3 aliphatic heterocycles. The fourth-order valence-electron chi connectivity index (χ4n) is 5.45. The Balaban J connectivity index is 1.21. The molecule has 3 N–H and O–H groups in total. The Morgan fingerprint density at radius 2 is 1.89 bits per heavy atom. The van der Waals surface area contributed by atoms with Gasteiger partial charge in [-0.25, -0.2) is 14.8 Å². The van der Waals surface area contributed by atoms with E-state index in [1.54, 1.807) is 11.1 Å². The first-order valence-corrected chi connectivity index (χ1v) is 13.0. The Morgan fingerprint density at radius 3 is 2.74 bits per heavy atom. The van der Waals surface area contributed by atoms with Crippen LogP contribution in [-0.4, -0.2) is 67.2 Å². The van der Waals surface area contributed by atoms with Crippen LogP contribution in [0.4, 0.5) is 10.7 Å². The summed E-state index contributed by atoms with van der Waals surface area (Å²) in [4.78, 5) is 42.2. The van der Waals surface area contributed by atoms with Crippen LogP contribution in [0.5, 0.6) is 11.5 Å². The molecule has 196 valence electrons. The molecule has 1 aromatic carbocycles. The SMILES string of the molecule is NC(=O)N1Cc2nc(-c3ccc4c(c3)OCO4)n(-c3ccnc(N[C@H]4CCCN(C(=O)C5CC5)C4)n3)c2C1. The van der Waals surface area contributed by atoms with Gasteiger partial charge in [-0.05, 0) is 49.9 Å². The van der Waals surface area contributed by atoms with Crippen molar-refractivity contribution in [3.8, 4) is 28.7 Å². The van der Waals surface area contributed by atoms with Gasteiger partial charge in [0.05, 0.1) is 24.5 Å². The van der Waals surface area contributed by atoms with Gasteiger partial charge in [-0.2, -0.15) is 4.98 Å². The molecular formula is C26H28N8O4. The van der Waals surface area contributed by atoms with E-state index >= 15 is 0 Å². The molecule has 3 amide bonds. The molecule has 4 aliphatic rings. The maximum Gasteiger partial charge on any atom is 0.315 e. The Hall–Kier alpha value is -4.35. The molecule has 38 heavy (non-hydrogen) atoms. The maximum atomic E-state index is 12.6. The average molecular weight is 517 g/mol. The van der Waals surface area contributed by atoms with Crippen LogP contribution in [0.25, 0.3) is 17.2 Å². The molecule has 3 aromatic rings. The molecule has 0 spiro atoms. The zero-order chi connectivity index (χ0) is 25.8. The molecule has 0 bridgehead atoms. The minimum Gasteiger partial charge on any atom is -0.454 e. The molecule has 0 unspecified atom stereocenters. The van der Waals surface area contributed by atoms with Gasteiger partial charge in [-0.1, -0.05) is 0 Å². The number of aromatic nitrogens is 4. The van der Waals surface area contributed by atoms with Crippen molar-refractivity contribution < 1.29 is 19.1 Å². The van der Waals surface area contributed by atoms with E-state index in [2.05, 4.69) is 10.3 Å². The molecule has 1 saturated carbocycles. The first-order chi connectivity index (χ1) is 18.5. The van der Waals surface area contributed by atoms with Crippen molar-refractivity contribution in [1.82, 2.24) is 29.3 Å². The normalized spacial score (nSPS) is 19.9. The Kier molecular flexibility index (Phi) is 5.34. The van der Waals surface area contributed by atoms with Crippen LogP contribution in [0.2, 0.25) is 0 Å². The largest absolute Gasteiger partial charge is 0.454 e. The van der Waals surface area contributed by atoms with Crippen LogP contribution in [0.3, 0.4) is 0 Å². The highest BCUT2D eigenvalue weighted by Gasteiger charge is 2.36. The lowest BCUT2D eigenvalue weighted by Gasteiger charge is -2.33. The number of nitrogens with two attached hydrogens (primary N) is 1. The number of hydrogen-bond donors (Lipinski definition) is 2. The van der Waals surface area contributed by atoms with Crippen molar-refractivity contribution >= 4 is 17.9 Å². The second-order valence-electron chi connectivity index (χ2n) is 10.2. The van der Waals surface area contributed by atoms with Gasteiger partial charge in [0.25, 0.3) is 0 Å². The van der Waals surface area contributed by atoms with Gasteiger partial charge in [0.2, 0.25) is 18.6 Å². The molecule has 5 heterocycles. The fraction of sp³-hybridized carbons (Fsp3) is 0.423. The van der Waals surface area contributed by atoms with Crippen molar-refractivity contribution in [1.29, 1.82) is 0 Å². The van der Waals surface area contributed by atoms with Crippen molar-refractivity contribution in [3.05, 3.63) is 41.9 Å². The number of ether oxygens (including phenoxy) is 2. The number of carbonyl (C=O) groups is 2. The highest BCUT2D eigenvalue weighted by atomic mass is 16.7. The second-order valence-corrected chi connectivity index (χ2v) is 10.2. The lowest BCUT2D eigenvalue weighted by atomic mass is 10.1. The highest BCUT2D eigenvalue weighted by molar-refractivity contribution is 5.81. The summed E-state index contributed by atoms with van der Waals surface area (Å²) in [5.74, 6) is 3.62. The van der Waals surface area contributed by atoms with Crippen LogP contribution >= 0.6 is 0 Å². The van der Waals surface area contributed by atoms with Crippen molar-refractivity contribution in [2.24, 2.45) is 11.7 Å². The summed E-state index contributed by atoms with van der Waals surface area (Å²) in [6.45, 7) is 2.31. The van der Waals surface area contributed by atoms with Gasteiger partial charge in [-0.15, -0.1) is 0 Å². The lowest BCUT2D eigenvalue weighted by Crippen LogP contribution is -2.45. The number of piperidine rings is 1. The Morgan fingerprint density at radius 1 is 1.03 bits per heavy atom. The second kappa shape index (κ2) is 8.89. The quantitative estimate of drug-likeness (QED) is 0.526. The summed E-state index contributed by atoms with van der Waals surface area (Å²) in [7, 11) is 0. The average Bonchev–Trinajstić information content (AvgIpc) is 3.35. The Labute approximate surface area is 218 Å². The van der Waals surface area contributed by atoms with Crippen molar-refractivity contribution in [3.63, 3.8) is 0 Å². The third kappa shape index (κ3) is 4.05. The summed E-state index contributed by atoms with van der Waals surface area (Å²) < 4.78 is 13.0. The number of urea groups is 1. The fourth-order valence-corrected chi connectivity index (χ4v) is 5.45. The number of nitrogens with zero attached hydrogens (tertiary/aromatic N) is 6. The molecule has 2 aromatic heterocycles. The Bertz CT molecular complexity index is 1430. The first-order valence-electron chi connectivity index (χ1n) is 13.0. The monoisotopic (exact) mass is 516 g/mol. The van der Waals surface area contributed by atoms with E-state index in [-0.39, 0.29) is 24.7 Å². The highest BCUT2D eigenvalue weighted by Crippen LogP contribution is 2.38. The number of amides is 3. The smallest absolute Gasteiger partial charge is 0.315 e. The summed E-state index contributed by atoms with van der Waals surface area (Å²) in [5, 5.41) is 3.44. The molecule has 1 atom stereocenters. The summed E-state index contributed by atoms with van der Waals surface area (Å²) in [5.41, 5.74) is 8.03. The minimum atomic E-state index is -0.494. The molecule has 7 rings (SSSR count). The molecule has 1 saturated heterocycles. The number of likely N-dealkylation sites (tertiary alicyclic amines) is 1. The third-order valence-corrected chi connectivity index (χ3v) is 7.54. The van der Waals surface area contributed by atoms with E-state index < -0.39 is 6.03 Å². The van der Waals surface area contributed by atoms with Gasteiger partial charge >= 0.3 is 6.03 Å². The topological polar surface area (TPSA) is 141 Å². The maximum absolute atomic E-state index is 12.6. The number of benzene rings is 1. The van der Waals surface area contributed by atoms with E-state index in [1.807, 2.05) is 33.7 Å². The van der Waals surface area contributed by atoms with Crippen molar-refractivity contribution in [2.45, 2.75) is 44.8 Å². The molecule has 0 radical (unpaired) electrons. The first kappa shape index (κ1) is 22.8. The molecule has 12 nitrogen and oxygen atoms in total. The number of rotatable bonds is 5. The van der Waals surface area contributed by atoms with E-state index in [0.29, 0.717) is 48.7 Å². The minimum absolute atomic E-state index is 0.0777. The van der Waals surface area contributed by atoms with E-state index in [1.165, 1.54) is 0 Å². The number of carbonyl (C=O) groups excluding carboxylic acids is 2. The van der Waals surface area contributed by atoms with Gasteiger partial charge in [0.15, 0.2) is 11.5 Å². The van der Waals surface area contributed by atoms with E-state index in [0.717, 1.165) is 49.2 Å². The predicted octanol–water partition coefficient (Wildman–Crippen LogP) is 2.27.